The molecular weight excluding hydrogens is 940 g/mol. The number of hydrogen-bond donors (Lipinski definition) is 1. The number of nitrogens with zero attached hydrogens (tertiary/aromatic N) is 1. The van der Waals surface area contributed by atoms with Gasteiger partial charge in [0.15, 0.2) is 0 Å². The number of likely N-dealkylation sites (N-methyl/N-ethyl adjacent to an activating group) is 1. The van der Waals surface area contributed by atoms with Crippen molar-refractivity contribution < 1.29 is 37.3 Å². The molecule has 0 aliphatic heterocycles. The van der Waals surface area contributed by atoms with Crippen LogP contribution in [-0.2, 0) is 27.9 Å². The van der Waals surface area contributed by atoms with Gasteiger partial charge in [-0.15, -0.1) is 0 Å². The molecular formula is C64H107N2O7P. The molecule has 9 nitrogen and oxygen atoms in total. The third-order valence-electron chi connectivity index (χ3n) is 11.8. The SMILES string of the molecule is CC/C=C\C/C=C\C/C=C\C/C=C\C/C=C\CCCCCC(=O)OC(/C=C/CCCCCCCCCCCC)C(COP(=O)([O-])OCC[N+](C)(C)C)NC(=O)CCC/C=C\C/C=C\C/C=C\C/C=C\C/C=C\CC. The summed E-state index contributed by atoms with van der Waals surface area (Å²) in [5, 5.41) is 2.97. The molecule has 0 spiro atoms. The van der Waals surface area contributed by atoms with E-state index in [0.717, 1.165) is 109 Å². The lowest BCUT2D eigenvalue weighted by Crippen LogP contribution is -2.47. The van der Waals surface area contributed by atoms with Crippen molar-refractivity contribution in [3.63, 3.8) is 0 Å². The van der Waals surface area contributed by atoms with Crippen LogP contribution in [0.2, 0.25) is 0 Å². The Hall–Kier alpha value is -3.85. The summed E-state index contributed by atoms with van der Waals surface area (Å²) in [6, 6.07) is -0.941. The molecule has 0 bridgehead atoms. The van der Waals surface area contributed by atoms with Gasteiger partial charge >= 0.3 is 5.97 Å². The van der Waals surface area contributed by atoms with Gasteiger partial charge in [0.05, 0.1) is 33.8 Å². The van der Waals surface area contributed by atoms with Crippen LogP contribution in [0.25, 0.3) is 0 Å². The lowest BCUT2D eigenvalue weighted by molar-refractivity contribution is -0.870. The first-order valence-electron chi connectivity index (χ1n) is 29.0. The van der Waals surface area contributed by atoms with Gasteiger partial charge in [0.25, 0.3) is 7.82 Å². The minimum Gasteiger partial charge on any atom is -0.756 e. The summed E-state index contributed by atoms with van der Waals surface area (Å²) in [4.78, 5) is 39.9. The first-order valence-corrected chi connectivity index (χ1v) is 30.5. The molecule has 0 heterocycles. The standard InChI is InChI=1S/C64H107N2O7P/c1-7-10-13-16-19-22-25-28-30-32-33-35-37-39-42-45-48-51-54-57-64(68)73-62(55-52-49-46-43-40-27-24-21-18-15-12-9-3)61(60-72-74(69,70)71-59-58-66(4,5)6)65-63(67)56-53-50-47-44-41-38-36-34-31-29-26-23-20-17-14-11-8-2/h10-11,13-14,19-20,22-23,28-31,33,35-36,38-39,42,44,47,52,55,61-62H,7-9,12,15-18,21,24-27,32,34,37,40-41,43,45-46,48-51,53-54,56-60H2,1-6H3,(H-,65,67,69,70)/b13-10-,14-11-,22-19-,23-20-,30-28-,31-29-,35-33-,38-36-,42-39-,47-44-,55-52+. The van der Waals surface area contributed by atoms with E-state index in [1.807, 2.05) is 27.2 Å². The minimum absolute atomic E-state index is 0.0463. The second-order valence-corrected chi connectivity index (χ2v) is 21.4. The van der Waals surface area contributed by atoms with Gasteiger partial charge < -0.3 is 28.5 Å². The van der Waals surface area contributed by atoms with Crippen LogP contribution in [-0.4, -0.2) is 69.4 Å². The zero-order valence-corrected chi connectivity index (χ0v) is 48.6. The van der Waals surface area contributed by atoms with Crippen molar-refractivity contribution in [1.29, 1.82) is 0 Å². The molecule has 1 N–H and O–H groups in total. The van der Waals surface area contributed by atoms with Crippen LogP contribution in [0.15, 0.2) is 134 Å². The van der Waals surface area contributed by atoms with Crippen molar-refractivity contribution in [3.8, 4) is 0 Å². The highest BCUT2D eigenvalue weighted by molar-refractivity contribution is 7.45. The number of ether oxygens (including phenoxy) is 1. The van der Waals surface area contributed by atoms with Crippen molar-refractivity contribution >= 4 is 19.7 Å². The second-order valence-electron chi connectivity index (χ2n) is 20.0. The van der Waals surface area contributed by atoms with Crippen LogP contribution in [0.4, 0.5) is 0 Å². The highest BCUT2D eigenvalue weighted by Crippen LogP contribution is 2.38. The maximum Gasteiger partial charge on any atom is 0.306 e. The normalized spacial score (nSPS) is 14.7. The number of quaternary nitrogens is 1. The Labute approximate surface area is 454 Å². The average molecular weight is 1050 g/mol. The van der Waals surface area contributed by atoms with Crippen molar-refractivity contribution in [1.82, 2.24) is 5.32 Å². The van der Waals surface area contributed by atoms with Crippen LogP contribution >= 0.6 is 7.82 Å². The van der Waals surface area contributed by atoms with Gasteiger partial charge in [-0.2, -0.15) is 0 Å². The summed E-state index contributed by atoms with van der Waals surface area (Å²) in [5.41, 5.74) is 0. The molecule has 1 amide bonds. The van der Waals surface area contributed by atoms with Gasteiger partial charge in [-0.1, -0.05) is 213 Å². The Bertz CT molecular complexity index is 1730. The van der Waals surface area contributed by atoms with E-state index in [2.05, 4.69) is 148 Å². The molecule has 0 aromatic carbocycles. The van der Waals surface area contributed by atoms with Gasteiger partial charge in [0.1, 0.15) is 19.3 Å². The number of amides is 1. The predicted molar refractivity (Wildman–Crippen MR) is 316 cm³/mol. The molecule has 420 valence electrons. The summed E-state index contributed by atoms with van der Waals surface area (Å²) < 4.78 is 30.2. The largest absolute Gasteiger partial charge is 0.756 e. The molecule has 0 saturated heterocycles. The molecule has 3 atom stereocenters. The Morgan fingerprint density at radius 1 is 0.486 bits per heavy atom. The number of phosphoric ester groups is 1. The van der Waals surface area contributed by atoms with E-state index < -0.39 is 32.5 Å². The van der Waals surface area contributed by atoms with Crippen molar-refractivity contribution in [3.05, 3.63) is 134 Å². The zero-order valence-electron chi connectivity index (χ0n) is 47.7. The van der Waals surface area contributed by atoms with Gasteiger partial charge in [-0.3, -0.25) is 14.2 Å². The number of rotatable bonds is 50. The highest BCUT2D eigenvalue weighted by Gasteiger charge is 2.27. The Balaban J connectivity index is 5.50. The predicted octanol–water partition coefficient (Wildman–Crippen LogP) is 17.1. The fourth-order valence-corrected chi connectivity index (χ4v) is 8.13. The van der Waals surface area contributed by atoms with E-state index in [0.29, 0.717) is 23.9 Å². The number of nitrogens with one attached hydrogen (secondary N) is 1. The van der Waals surface area contributed by atoms with Gasteiger partial charge in [-0.05, 0) is 115 Å². The number of carbonyl (C=O) groups is 2. The summed E-state index contributed by atoms with van der Waals surface area (Å²) in [6.07, 6.45) is 74.3. The van der Waals surface area contributed by atoms with Gasteiger partial charge in [-0.25, -0.2) is 0 Å². The van der Waals surface area contributed by atoms with Gasteiger partial charge in [0, 0.05) is 12.8 Å². The molecule has 0 fully saturated rings. The van der Waals surface area contributed by atoms with Crippen LogP contribution < -0.4 is 10.2 Å². The maximum atomic E-state index is 13.5. The quantitative estimate of drug-likeness (QED) is 0.0212. The minimum atomic E-state index is -4.73. The van der Waals surface area contributed by atoms with Crippen LogP contribution in [0.3, 0.4) is 0 Å². The number of allylic oxidation sites excluding steroid dienone is 21. The van der Waals surface area contributed by atoms with Crippen molar-refractivity contribution in [2.75, 3.05) is 40.9 Å². The molecule has 74 heavy (non-hydrogen) atoms. The molecule has 0 aromatic heterocycles. The third-order valence-corrected chi connectivity index (χ3v) is 12.8. The number of esters is 1. The van der Waals surface area contributed by atoms with Crippen molar-refractivity contribution in [2.24, 2.45) is 0 Å². The molecule has 0 aliphatic rings. The highest BCUT2D eigenvalue weighted by atomic mass is 31.2. The van der Waals surface area contributed by atoms with E-state index >= 15 is 0 Å². The monoisotopic (exact) mass is 1050 g/mol. The van der Waals surface area contributed by atoms with Crippen molar-refractivity contribution in [2.45, 2.75) is 219 Å². The second kappa shape index (κ2) is 52.6. The van der Waals surface area contributed by atoms with E-state index in [9.17, 15) is 19.0 Å². The van der Waals surface area contributed by atoms with E-state index in [4.69, 9.17) is 13.8 Å². The molecule has 0 rings (SSSR count). The van der Waals surface area contributed by atoms with E-state index in [1.54, 1.807) is 6.08 Å². The number of carbonyl (C=O) groups excluding carboxylic acids is 2. The summed E-state index contributed by atoms with van der Waals surface area (Å²) in [5.74, 6) is -0.660. The summed E-state index contributed by atoms with van der Waals surface area (Å²) >= 11 is 0. The van der Waals surface area contributed by atoms with Crippen LogP contribution in [0, 0.1) is 0 Å². The zero-order chi connectivity index (χ0) is 54.3. The maximum absolute atomic E-state index is 13.5. The molecule has 0 radical (unpaired) electrons. The fourth-order valence-electron chi connectivity index (χ4n) is 7.41. The molecule has 0 saturated carbocycles. The van der Waals surface area contributed by atoms with Crippen LogP contribution in [0.1, 0.15) is 207 Å². The smallest absolute Gasteiger partial charge is 0.306 e. The fraction of sp³-hybridized carbons (Fsp3) is 0.625. The third kappa shape index (κ3) is 53.0. The number of phosphoric acid groups is 1. The summed E-state index contributed by atoms with van der Waals surface area (Å²) in [6.45, 7) is 6.51. The average Bonchev–Trinajstić information content (AvgIpc) is 3.36. The van der Waals surface area contributed by atoms with E-state index in [1.165, 1.54) is 51.4 Å². The van der Waals surface area contributed by atoms with Gasteiger partial charge in [0.2, 0.25) is 5.91 Å². The van der Waals surface area contributed by atoms with E-state index in [-0.39, 0.29) is 25.4 Å². The first kappa shape index (κ1) is 70.1. The molecule has 10 heteroatoms. The summed E-state index contributed by atoms with van der Waals surface area (Å²) in [7, 11) is 1.11. The Morgan fingerprint density at radius 2 is 0.878 bits per heavy atom. The number of hydrogen-bond acceptors (Lipinski definition) is 7. The lowest BCUT2D eigenvalue weighted by atomic mass is 10.1. The Kier molecular flexibility index (Phi) is 49.8. The molecule has 3 unspecified atom stereocenters. The number of unbranched alkanes of at least 4 members (excludes halogenated alkanes) is 14. The Morgan fingerprint density at radius 3 is 1.32 bits per heavy atom. The topological polar surface area (TPSA) is 114 Å². The van der Waals surface area contributed by atoms with Crippen LogP contribution in [0.5, 0.6) is 0 Å². The molecule has 0 aromatic rings. The first-order chi connectivity index (χ1) is 35.9. The lowest BCUT2D eigenvalue weighted by Gasteiger charge is -2.30. The molecule has 0 aliphatic carbocycles.